The maximum Gasteiger partial charge on any atom is 0.0991 e. The Kier molecular flexibility index (Phi) is 5.17. The average molecular weight is 271 g/mol. The lowest BCUT2D eigenvalue weighted by atomic mass is 9.98. The third-order valence-electron chi connectivity index (χ3n) is 4.53. The van der Waals surface area contributed by atoms with Gasteiger partial charge in [-0.05, 0) is 37.5 Å². The molecule has 0 amide bonds. The van der Waals surface area contributed by atoms with E-state index in [9.17, 15) is 0 Å². The van der Waals surface area contributed by atoms with E-state index in [4.69, 9.17) is 5.26 Å². The van der Waals surface area contributed by atoms with E-state index < -0.39 is 0 Å². The molecule has 1 saturated heterocycles. The predicted octanol–water partition coefficient (Wildman–Crippen LogP) is 3.08. The van der Waals surface area contributed by atoms with Crippen molar-refractivity contribution in [1.29, 1.82) is 5.26 Å². The van der Waals surface area contributed by atoms with Crippen LogP contribution in [0, 0.1) is 11.3 Å². The highest BCUT2D eigenvalue weighted by atomic mass is 15.2. The zero-order chi connectivity index (χ0) is 14.5. The molecule has 2 rings (SSSR count). The van der Waals surface area contributed by atoms with Gasteiger partial charge in [0.05, 0.1) is 11.6 Å². The van der Waals surface area contributed by atoms with Crippen LogP contribution >= 0.6 is 0 Å². The third kappa shape index (κ3) is 3.20. The summed E-state index contributed by atoms with van der Waals surface area (Å²) in [4.78, 5) is 2.62. The van der Waals surface area contributed by atoms with Crippen LogP contribution in [0.15, 0.2) is 24.3 Å². The molecule has 1 N–H and O–H groups in total. The molecule has 0 aromatic heterocycles. The van der Waals surface area contributed by atoms with E-state index >= 15 is 0 Å². The van der Waals surface area contributed by atoms with Gasteiger partial charge in [-0.3, -0.25) is 4.90 Å². The van der Waals surface area contributed by atoms with Crippen LogP contribution in [-0.2, 0) is 0 Å². The maximum absolute atomic E-state index is 8.89. The smallest absolute Gasteiger partial charge is 0.0991 e. The summed E-state index contributed by atoms with van der Waals surface area (Å²) in [6.07, 6.45) is 2.34. The van der Waals surface area contributed by atoms with Gasteiger partial charge in [-0.15, -0.1) is 0 Å². The molecular weight excluding hydrogens is 246 g/mol. The molecular formula is C17H25N3. The van der Waals surface area contributed by atoms with Gasteiger partial charge in [-0.2, -0.15) is 5.26 Å². The highest BCUT2D eigenvalue weighted by molar-refractivity contribution is 5.32. The zero-order valence-corrected chi connectivity index (χ0v) is 12.8. The fraction of sp³-hybridized carbons (Fsp3) is 0.588. The molecule has 20 heavy (non-hydrogen) atoms. The Morgan fingerprint density at radius 2 is 2.00 bits per heavy atom. The molecule has 1 aliphatic rings. The monoisotopic (exact) mass is 271 g/mol. The molecule has 0 aliphatic carbocycles. The van der Waals surface area contributed by atoms with Crippen molar-refractivity contribution in [3.63, 3.8) is 0 Å². The van der Waals surface area contributed by atoms with Crippen molar-refractivity contribution < 1.29 is 0 Å². The van der Waals surface area contributed by atoms with Gasteiger partial charge in [0.1, 0.15) is 0 Å². The van der Waals surface area contributed by atoms with Gasteiger partial charge in [-0.25, -0.2) is 0 Å². The van der Waals surface area contributed by atoms with Gasteiger partial charge < -0.3 is 5.32 Å². The maximum atomic E-state index is 8.89. The lowest BCUT2D eigenvalue weighted by Gasteiger charge is -2.43. The van der Waals surface area contributed by atoms with Crippen molar-refractivity contribution >= 4 is 0 Å². The molecule has 0 spiro atoms. The summed E-state index contributed by atoms with van der Waals surface area (Å²) in [5, 5.41) is 12.5. The summed E-state index contributed by atoms with van der Waals surface area (Å²) < 4.78 is 0. The van der Waals surface area contributed by atoms with Crippen molar-refractivity contribution in [1.82, 2.24) is 10.2 Å². The number of piperazine rings is 1. The van der Waals surface area contributed by atoms with E-state index in [1.54, 1.807) is 0 Å². The molecule has 0 saturated carbocycles. The van der Waals surface area contributed by atoms with E-state index in [0.717, 1.165) is 18.7 Å². The molecule has 3 nitrogen and oxygen atoms in total. The Labute approximate surface area is 122 Å². The van der Waals surface area contributed by atoms with Crippen molar-refractivity contribution in [2.24, 2.45) is 0 Å². The first-order chi connectivity index (χ1) is 9.69. The number of benzene rings is 1. The molecule has 108 valence electrons. The molecule has 1 aromatic carbocycles. The number of hydrogen-bond donors (Lipinski definition) is 1. The van der Waals surface area contributed by atoms with E-state index in [1.807, 2.05) is 12.1 Å². The second-order valence-corrected chi connectivity index (χ2v) is 5.68. The van der Waals surface area contributed by atoms with Crippen LogP contribution in [0.5, 0.6) is 0 Å². The summed E-state index contributed by atoms with van der Waals surface area (Å²) in [5.41, 5.74) is 2.04. The summed E-state index contributed by atoms with van der Waals surface area (Å²) >= 11 is 0. The highest BCUT2D eigenvalue weighted by Gasteiger charge is 2.29. The van der Waals surface area contributed by atoms with E-state index in [0.29, 0.717) is 18.1 Å². The van der Waals surface area contributed by atoms with Gasteiger partial charge in [0.25, 0.3) is 0 Å². The second kappa shape index (κ2) is 6.88. The van der Waals surface area contributed by atoms with Crippen LogP contribution in [0.3, 0.4) is 0 Å². The summed E-state index contributed by atoms with van der Waals surface area (Å²) in [7, 11) is 0. The number of nitriles is 1. The van der Waals surface area contributed by atoms with Crippen molar-refractivity contribution in [2.45, 2.75) is 51.7 Å². The predicted molar refractivity (Wildman–Crippen MR) is 82.4 cm³/mol. The minimum Gasteiger partial charge on any atom is -0.311 e. The first-order valence-electron chi connectivity index (χ1n) is 7.68. The number of nitrogens with zero attached hydrogens (tertiary/aromatic N) is 2. The largest absolute Gasteiger partial charge is 0.311 e. The number of nitrogens with one attached hydrogen (secondary N) is 1. The Morgan fingerprint density at radius 3 is 2.55 bits per heavy atom. The molecule has 1 aliphatic heterocycles. The van der Waals surface area contributed by atoms with Crippen molar-refractivity contribution in [3.05, 3.63) is 35.4 Å². The third-order valence-corrected chi connectivity index (χ3v) is 4.53. The fourth-order valence-corrected chi connectivity index (χ4v) is 3.04. The lowest BCUT2D eigenvalue weighted by molar-refractivity contribution is 0.0850. The summed E-state index contributed by atoms with van der Waals surface area (Å²) in [5.74, 6) is 0. The standard InChI is InChI=1S/C17H25N3/c1-4-16-12-20(17(5-2)11-19-16)13(3)15-8-6-14(10-18)7-9-15/h6-9,13,16-17,19H,4-5,11-12H2,1-3H3. The Hall–Kier alpha value is -1.37. The number of rotatable bonds is 4. The lowest BCUT2D eigenvalue weighted by Crippen LogP contribution is -2.56. The first kappa shape index (κ1) is 15.0. The minimum atomic E-state index is 0.406. The van der Waals surface area contributed by atoms with Gasteiger partial charge in [0.2, 0.25) is 0 Å². The molecule has 1 fully saturated rings. The van der Waals surface area contributed by atoms with Crippen LogP contribution in [0.2, 0.25) is 0 Å². The molecule has 3 unspecified atom stereocenters. The van der Waals surface area contributed by atoms with Crippen molar-refractivity contribution in [3.8, 4) is 6.07 Å². The van der Waals surface area contributed by atoms with E-state index in [2.05, 4.69) is 49.2 Å². The van der Waals surface area contributed by atoms with Gasteiger partial charge in [0.15, 0.2) is 0 Å². The first-order valence-corrected chi connectivity index (χ1v) is 7.68. The van der Waals surface area contributed by atoms with Crippen LogP contribution in [-0.4, -0.2) is 30.1 Å². The second-order valence-electron chi connectivity index (χ2n) is 5.68. The van der Waals surface area contributed by atoms with Gasteiger partial charge >= 0.3 is 0 Å². The normalized spacial score (nSPS) is 25.1. The molecule has 0 bridgehead atoms. The number of hydrogen-bond acceptors (Lipinski definition) is 3. The van der Waals surface area contributed by atoms with Crippen LogP contribution in [0.1, 0.15) is 50.8 Å². The molecule has 0 radical (unpaired) electrons. The van der Waals surface area contributed by atoms with Gasteiger partial charge in [0, 0.05) is 31.2 Å². The minimum absolute atomic E-state index is 0.406. The van der Waals surface area contributed by atoms with Crippen LogP contribution in [0.4, 0.5) is 0 Å². The molecule has 3 atom stereocenters. The Morgan fingerprint density at radius 1 is 1.30 bits per heavy atom. The SMILES string of the molecule is CCC1CN(C(C)c2ccc(C#N)cc2)C(CC)CN1. The highest BCUT2D eigenvalue weighted by Crippen LogP contribution is 2.26. The molecule has 1 aromatic rings. The molecule has 1 heterocycles. The Bertz CT molecular complexity index is 460. The Balaban J connectivity index is 2.15. The van der Waals surface area contributed by atoms with Gasteiger partial charge in [-0.1, -0.05) is 26.0 Å². The van der Waals surface area contributed by atoms with E-state index in [1.165, 1.54) is 18.4 Å². The van der Waals surface area contributed by atoms with Crippen LogP contribution in [0.25, 0.3) is 0 Å². The molecule has 3 heteroatoms. The fourth-order valence-electron chi connectivity index (χ4n) is 3.04. The van der Waals surface area contributed by atoms with E-state index in [-0.39, 0.29) is 0 Å². The van der Waals surface area contributed by atoms with Crippen LogP contribution < -0.4 is 5.32 Å². The quantitative estimate of drug-likeness (QED) is 0.914. The van der Waals surface area contributed by atoms with Crippen molar-refractivity contribution in [2.75, 3.05) is 13.1 Å². The summed E-state index contributed by atoms with van der Waals surface area (Å²) in [6, 6.07) is 11.8. The summed E-state index contributed by atoms with van der Waals surface area (Å²) in [6.45, 7) is 8.97. The topological polar surface area (TPSA) is 39.1 Å². The zero-order valence-electron chi connectivity index (χ0n) is 12.8. The average Bonchev–Trinajstić information content (AvgIpc) is 2.53.